The van der Waals surface area contributed by atoms with Crippen LogP contribution in [0.1, 0.15) is 17.3 Å². The molecule has 18 heavy (non-hydrogen) atoms. The fourth-order valence-corrected chi connectivity index (χ4v) is 2.09. The van der Waals surface area contributed by atoms with Crippen LogP contribution in [0.2, 0.25) is 5.02 Å². The van der Waals surface area contributed by atoms with Crippen LogP contribution in [0, 0.1) is 0 Å². The molecule has 2 heterocycles. The maximum absolute atomic E-state index is 12.4. The molecule has 2 atom stereocenters. The first-order valence-corrected chi connectivity index (χ1v) is 6.14. The number of pyridine rings is 1. The van der Waals surface area contributed by atoms with Crippen LogP contribution < -0.4 is 0 Å². The van der Waals surface area contributed by atoms with Gasteiger partial charge >= 0.3 is 0 Å². The first kappa shape index (κ1) is 13.3. The summed E-state index contributed by atoms with van der Waals surface area (Å²) >= 11 is 5.99. The van der Waals surface area contributed by atoms with Crippen LogP contribution in [-0.4, -0.2) is 52.8 Å². The maximum atomic E-state index is 12.4. The number of aliphatic hydroxyl groups excluding tert-OH is 1. The molecule has 2 unspecified atom stereocenters. The van der Waals surface area contributed by atoms with Gasteiger partial charge in [-0.1, -0.05) is 11.6 Å². The topological polar surface area (TPSA) is 62.7 Å². The van der Waals surface area contributed by atoms with Gasteiger partial charge in [0.2, 0.25) is 0 Å². The fourth-order valence-electron chi connectivity index (χ4n) is 1.90. The fraction of sp³-hybridized carbons (Fsp3) is 0.500. The average Bonchev–Trinajstić information content (AvgIpc) is 2.39. The normalized spacial score (nSPS) is 24.1. The summed E-state index contributed by atoms with van der Waals surface area (Å²) in [5.41, 5.74) is 0.379. The molecule has 98 valence electrons. The van der Waals surface area contributed by atoms with E-state index in [9.17, 15) is 4.79 Å². The van der Waals surface area contributed by atoms with E-state index >= 15 is 0 Å². The van der Waals surface area contributed by atoms with Crippen LogP contribution in [0.3, 0.4) is 0 Å². The molecule has 0 aromatic carbocycles. The van der Waals surface area contributed by atoms with E-state index in [4.69, 9.17) is 21.4 Å². The maximum Gasteiger partial charge on any atom is 0.257 e. The number of morpholine rings is 1. The van der Waals surface area contributed by atoms with Crippen molar-refractivity contribution in [3.05, 3.63) is 29.0 Å². The summed E-state index contributed by atoms with van der Waals surface area (Å²) in [7, 11) is 0. The predicted octanol–water partition coefficient (Wildman–Crippen LogP) is 0.957. The smallest absolute Gasteiger partial charge is 0.257 e. The minimum atomic E-state index is -0.333. The minimum Gasteiger partial charge on any atom is -0.394 e. The number of aliphatic hydroxyl groups is 1. The molecule has 0 radical (unpaired) electrons. The Morgan fingerprint density at radius 3 is 3.17 bits per heavy atom. The Labute approximate surface area is 110 Å². The molecule has 0 saturated carbocycles. The van der Waals surface area contributed by atoms with E-state index in [0.29, 0.717) is 23.7 Å². The molecular formula is C12H15ClN2O3. The van der Waals surface area contributed by atoms with E-state index in [1.54, 1.807) is 17.2 Å². The predicted molar refractivity (Wildman–Crippen MR) is 66.6 cm³/mol. The van der Waals surface area contributed by atoms with Gasteiger partial charge in [-0.25, -0.2) is 0 Å². The summed E-state index contributed by atoms with van der Waals surface area (Å²) in [5.74, 6) is -0.178. The average molecular weight is 271 g/mol. The molecule has 1 amide bonds. The zero-order valence-corrected chi connectivity index (χ0v) is 10.8. The van der Waals surface area contributed by atoms with E-state index in [1.165, 1.54) is 6.20 Å². The highest BCUT2D eigenvalue weighted by atomic mass is 35.5. The van der Waals surface area contributed by atoms with Gasteiger partial charge in [0, 0.05) is 18.9 Å². The lowest BCUT2D eigenvalue weighted by Gasteiger charge is -2.37. The Morgan fingerprint density at radius 2 is 2.50 bits per heavy atom. The Kier molecular flexibility index (Phi) is 4.16. The zero-order valence-electron chi connectivity index (χ0n) is 10.0. The molecule has 1 aliphatic heterocycles. The monoisotopic (exact) mass is 270 g/mol. The number of aromatic nitrogens is 1. The highest BCUT2D eigenvalue weighted by molar-refractivity contribution is 6.33. The SMILES string of the molecule is CC1COC(CO)CN1C(=O)c1cnccc1Cl. The number of carbonyl (C=O) groups is 1. The van der Waals surface area contributed by atoms with Crippen molar-refractivity contribution in [2.45, 2.75) is 19.1 Å². The molecule has 1 aliphatic rings. The summed E-state index contributed by atoms with van der Waals surface area (Å²) in [6.07, 6.45) is 2.67. The number of hydrogen-bond acceptors (Lipinski definition) is 4. The van der Waals surface area contributed by atoms with Crippen LogP contribution in [0.25, 0.3) is 0 Å². The van der Waals surface area contributed by atoms with Crippen molar-refractivity contribution in [2.75, 3.05) is 19.8 Å². The Bertz CT molecular complexity index is 441. The first-order valence-electron chi connectivity index (χ1n) is 5.76. The van der Waals surface area contributed by atoms with E-state index in [1.807, 2.05) is 6.92 Å². The number of ether oxygens (including phenoxy) is 1. The molecule has 2 rings (SSSR count). The van der Waals surface area contributed by atoms with Crippen LogP contribution in [-0.2, 0) is 4.74 Å². The van der Waals surface area contributed by atoms with Gasteiger partial charge in [-0.05, 0) is 13.0 Å². The summed E-state index contributed by atoms with van der Waals surface area (Å²) in [4.78, 5) is 17.9. The molecule has 6 heteroatoms. The number of amides is 1. The summed E-state index contributed by atoms with van der Waals surface area (Å²) in [6, 6.07) is 1.54. The van der Waals surface area contributed by atoms with Gasteiger partial charge in [0.05, 0.1) is 35.9 Å². The third-order valence-corrected chi connectivity index (χ3v) is 3.30. The molecule has 0 bridgehead atoms. The van der Waals surface area contributed by atoms with Crippen LogP contribution >= 0.6 is 11.6 Å². The third kappa shape index (κ3) is 2.63. The number of carbonyl (C=O) groups excluding carboxylic acids is 1. The molecule has 1 saturated heterocycles. The second-order valence-corrected chi connectivity index (χ2v) is 4.71. The lowest BCUT2D eigenvalue weighted by molar-refractivity contribution is -0.0667. The molecule has 1 aromatic rings. The van der Waals surface area contributed by atoms with E-state index in [-0.39, 0.29) is 24.7 Å². The number of rotatable bonds is 2. The number of hydrogen-bond donors (Lipinski definition) is 1. The van der Waals surface area contributed by atoms with Gasteiger partial charge in [0.25, 0.3) is 5.91 Å². The standard InChI is InChI=1S/C12H15ClN2O3/c1-8-7-18-9(6-16)5-15(8)12(17)10-4-14-3-2-11(10)13/h2-4,8-9,16H,5-7H2,1H3. The second kappa shape index (κ2) is 5.65. The highest BCUT2D eigenvalue weighted by Crippen LogP contribution is 2.20. The quantitative estimate of drug-likeness (QED) is 0.869. The van der Waals surface area contributed by atoms with Crippen molar-refractivity contribution >= 4 is 17.5 Å². The Morgan fingerprint density at radius 1 is 1.72 bits per heavy atom. The van der Waals surface area contributed by atoms with Crippen molar-refractivity contribution < 1.29 is 14.6 Å². The van der Waals surface area contributed by atoms with Crippen LogP contribution in [0.4, 0.5) is 0 Å². The summed E-state index contributed by atoms with van der Waals surface area (Å²) in [5, 5.41) is 9.48. The van der Waals surface area contributed by atoms with Gasteiger partial charge in [-0.3, -0.25) is 9.78 Å². The lowest BCUT2D eigenvalue weighted by Crippen LogP contribution is -2.52. The van der Waals surface area contributed by atoms with Gasteiger partial charge in [0.1, 0.15) is 0 Å². The molecule has 1 fully saturated rings. The number of nitrogens with zero attached hydrogens (tertiary/aromatic N) is 2. The molecule has 1 aromatic heterocycles. The Balaban J connectivity index is 2.19. The van der Waals surface area contributed by atoms with Crippen LogP contribution in [0.15, 0.2) is 18.5 Å². The van der Waals surface area contributed by atoms with E-state index in [0.717, 1.165) is 0 Å². The summed E-state index contributed by atoms with van der Waals surface area (Å²) < 4.78 is 5.39. The molecule has 0 spiro atoms. The largest absolute Gasteiger partial charge is 0.394 e. The molecule has 0 aliphatic carbocycles. The van der Waals surface area contributed by atoms with Crippen molar-refractivity contribution in [3.63, 3.8) is 0 Å². The van der Waals surface area contributed by atoms with Gasteiger partial charge in [-0.15, -0.1) is 0 Å². The van der Waals surface area contributed by atoms with Crippen molar-refractivity contribution in [1.29, 1.82) is 0 Å². The van der Waals surface area contributed by atoms with Gasteiger partial charge in [0.15, 0.2) is 0 Å². The molecule has 1 N–H and O–H groups in total. The van der Waals surface area contributed by atoms with Crippen molar-refractivity contribution in [1.82, 2.24) is 9.88 Å². The lowest BCUT2D eigenvalue weighted by atomic mass is 10.1. The second-order valence-electron chi connectivity index (χ2n) is 4.30. The zero-order chi connectivity index (χ0) is 13.1. The third-order valence-electron chi connectivity index (χ3n) is 2.97. The molecular weight excluding hydrogens is 256 g/mol. The number of halogens is 1. The van der Waals surface area contributed by atoms with E-state index < -0.39 is 0 Å². The first-order chi connectivity index (χ1) is 8.63. The van der Waals surface area contributed by atoms with Crippen molar-refractivity contribution in [2.24, 2.45) is 0 Å². The Hall–Kier alpha value is -1.17. The van der Waals surface area contributed by atoms with Crippen molar-refractivity contribution in [3.8, 4) is 0 Å². The van der Waals surface area contributed by atoms with E-state index in [2.05, 4.69) is 4.98 Å². The van der Waals surface area contributed by atoms with Gasteiger partial charge in [-0.2, -0.15) is 0 Å². The molecule has 5 nitrogen and oxygen atoms in total. The minimum absolute atomic E-state index is 0.0448. The van der Waals surface area contributed by atoms with Gasteiger partial charge < -0.3 is 14.7 Å². The highest BCUT2D eigenvalue weighted by Gasteiger charge is 2.30. The van der Waals surface area contributed by atoms with Crippen LogP contribution in [0.5, 0.6) is 0 Å². The summed E-state index contributed by atoms with van der Waals surface area (Å²) in [6.45, 7) is 2.57.